The fourth-order valence-corrected chi connectivity index (χ4v) is 2.72. The van der Waals surface area contributed by atoms with Crippen LogP contribution in [0.4, 0.5) is 0 Å². The number of morpholine rings is 1. The molecule has 0 amide bonds. The number of hydrogen-bond acceptors (Lipinski definition) is 3. The molecule has 2 N–H and O–H groups in total. The molecule has 0 aromatic heterocycles. The smallest absolute Gasteiger partial charge is 0.191 e. The Balaban J connectivity index is 1.61. The van der Waals surface area contributed by atoms with Crippen LogP contribution in [0.3, 0.4) is 0 Å². The molecule has 128 valence electrons. The van der Waals surface area contributed by atoms with Gasteiger partial charge in [-0.25, -0.2) is 0 Å². The molecular formula is C18H30N4O. The Kier molecular flexibility index (Phi) is 7.90. The van der Waals surface area contributed by atoms with Crippen molar-refractivity contribution in [2.45, 2.75) is 25.8 Å². The van der Waals surface area contributed by atoms with E-state index < -0.39 is 0 Å². The fraction of sp³-hybridized carbons (Fsp3) is 0.611. The van der Waals surface area contributed by atoms with Gasteiger partial charge in [0, 0.05) is 26.7 Å². The first-order valence-corrected chi connectivity index (χ1v) is 8.62. The summed E-state index contributed by atoms with van der Waals surface area (Å²) in [5.74, 6) is 0.868. The van der Waals surface area contributed by atoms with Crippen molar-refractivity contribution in [3.8, 4) is 0 Å². The second kappa shape index (κ2) is 10.2. The van der Waals surface area contributed by atoms with E-state index in [-0.39, 0.29) is 6.04 Å². The highest BCUT2D eigenvalue weighted by Gasteiger charge is 2.09. The van der Waals surface area contributed by atoms with Crippen molar-refractivity contribution in [2.75, 3.05) is 46.4 Å². The minimum atomic E-state index is 0.246. The highest BCUT2D eigenvalue weighted by Crippen LogP contribution is 2.10. The lowest BCUT2D eigenvalue weighted by Crippen LogP contribution is -2.39. The SMILES string of the molecule is CN=C(NCCCCN1CCOCC1)NC(C)c1ccccc1. The lowest BCUT2D eigenvalue weighted by molar-refractivity contribution is 0.0372. The van der Waals surface area contributed by atoms with Crippen LogP contribution < -0.4 is 10.6 Å². The zero-order chi connectivity index (χ0) is 16.3. The van der Waals surface area contributed by atoms with Crippen molar-refractivity contribution in [1.29, 1.82) is 0 Å². The van der Waals surface area contributed by atoms with Gasteiger partial charge in [0.05, 0.1) is 19.3 Å². The maximum atomic E-state index is 5.37. The summed E-state index contributed by atoms with van der Waals surface area (Å²) < 4.78 is 5.37. The average Bonchev–Trinajstić information content (AvgIpc) is 2.62. The largest absolute Gasteiger partial charge is 0.379 e. The van der Waals surface area contributed by atoms with Gasteiger partial charge in [0.15, 0.2) is 5.96 Å². The fourth-order valence-electron chi connectivity index (χ4n) is 2.72. The summed E-state index contributed by atoms with van der Waals surface area (Å²) in [6.07, 6.45) is 2.36. The van der Waals surface area contributed by atoms with E-state index in [4.69, 9.17) is 4.74 Å². The maximum absolute atomic E-state index is 5.37. The molecule has 0 spiro atoms. The highest BCUT2D eigenvalue weighted by molar-refractivity contribution is 5.80. The Hall–Kier alpha value is -1.59. The number of nitrogens with one attached hydrogen (secondary N) is 2. The number of unbranched alkanes of at least 4 members (excludes halogenated alkanes) is 1. The first-order valence-electron chi connectivity index (χ1n) is 8.62. The van der Waals surface area contributed by atoms with Crippen molar-refractivity contribution in [2.24, 2.45) is 4.99 Å². The van der Waals surface area contributed by atoms with E-state index in [1.165, 1.54) is 12.0 Å². The van der Waals surface area contributed by atoms with Gasteiger partial charge in [0.2, 0.25) is 0 Å². The van der Waals surface area contributed by atoms with Crippen molar-refractivity contribution in [3.05, 3.63) is 35.9 Å². The van der Waals surface area contributed by atoms with E-state index in [9.17, 15) is 0 Å². The van der Waals surface area contributed by atoms with Gasteiger partial charge in [-0.05, 0) is 31.9 Å². The highest BCUT2D eigenvalue weighted by atomic mass is 16.5. The molecule has 2 rings (SSSR count). The molecule has 1 atom stereocenters. The van der Waals surface area contributed by atoms with Crippen molar-refractivity contribution in [3.63, 3.8) is 0 Å². The molecular weight excluding hydrogens is 288 g/mol. The van der Waals surface area contributed by atoms with Crippen molar-refractivity contribution >= 4 is 5.96 Å². The molecule has 5 nitrogen and oxygen atoms in total. The average molecular weight is 318 g/mol. The van der Waals surface area contributed by atoms with Gasteiger partial charge in [-0.15, -0.1) is 0 Å². The van der Waals surface area contributed by atoms with E-state index in [1.807, 2.05) is 13.1 Å². The molecule has 1 heterocycles. The van der Waals surface area contributed by atoms with Crippen LogP contribution in [0.1, 0.15) is 31.4 Å². The number of aliphatic imine (C=N–C) groups is 1. The summed E-state index contributed by atoms with van der Waals surface area (Å²) in [4.78, 5) is 6.79. The third kappa shape index (κ3) is 6.59. The second-order valence-corrected chi connectivity index (χ2v) is 5.94. The Morgan fingerprint density at radius 3 is 2.65 bits per heavy atom. The normalized spacial score (nSPS) is 17.7. The van der Waals surface area contributed by atoms with Gasteiger partial charge in [0.25, 0.3) is 0 Å². The Labute approximate surface area is 140 Å². The molecule has 0 aliphatic carbocycles. The van der Waals surface area contributed by atoms with Crippen LogP contribution in [0.15, 0.2) is 35.3 Å². The minimum absolute atomic E-state index is 0.246. The molecule has 5 heteroatoms. The van der Waals surface area contributed by atoms with E-state index in [1.54, 1.807) is 0 Å². The van der Waals surface area contributed by atoms with E-state index >= 15 is 0 Å². The van der Waals surface area contributed by atoms with Gasteiger partial charge in [-0.2, -0.15) is 0 Å². The molecule has 23 heavy (non-hydrogen) atoms. The first-order chi connectivity index (χ1) is 11.3. The molecule has 1 aliphatic heterocycles. The van der Waals surface area contributed by atoms with Gasteiger partial charge in [-0.1, -0.05) is 30.3 Å². The maximum Gasteiger partial charge on any atom is 0.191 e. The predicted octanol–water partition coefficient (Wildman–Crippen LogP) is 2.03. The first kappa shape index (κ1) is 17.8. The molecule has 1 fully saturated rings. The zero-order valence-corrected chi connectivity index (χ0v) is 14.4. The summed E-state index contributed by atoms with van der Waals surface area (Å²) in [5.41, 5.74) is 1.27. The van der Waals surface area contributed by atoms with Gasteiger partial charge in [0.1, 0.15) is 0 Å². The number of nitrogens with zero attached hydrogens (tertiary/aromatic N) is 2. The standard InChI is InChI=1S/C18H30N4O/c1-16(17-8-4-3-5-9-17)21-18(19-2)20-10-6-7-11-22-12-14-23-15-13-22/h3-5,8-9,16H,6-7,10-15H2,1-2H3,(H2,19,20,21). The number of guanidine groups is 1. The molecule has 0 bridgehead atoms. The number of benzene rings is 1. The molecule has 0 radical (unpaired) electrons. The minimum Gasteiger partial charge on any atom is -0.379 e. The Bertz CT molecular complexity index is 457. The Morgan fingerprint density at radius 1 is 1.22 bits per heavy atom. The topological polar surface area (TPSA) is 48.9 Å². The summed E-state index contributed by atoms with van der Waals surface area (Å²) in [6.45, 7) is 8.18. The van der Waals surface area contributed by atoms with Crippen LogP contribution in [-0.2, 0) is 4.74 Å². The third-order valence-corrected chi connectivity index (χ3v) is 4.17. The van der Waals surface area contributed by atoms with Crippen LogP contribution in [0.2, 0.25) is 0 Å². The molecule has 1 unspecified atom stereocenters. The van der Waals surface area contributed by atoms with Gasteiger partial charge < -0.3 is 15.4 Å². The second-order valence-electron chi connectivity index (χ2n) is 5.94. The predicted molar refractivity (Wildman–Crippen MR) is 95.8 cm³/mol. The zero-order valence-electron chi connectivity index (χ0n) is 14.4. The molecule has 1 aromatic carbocycles. The third-order valence-electron chi connectivity index (χ3n) is 4.17. The molecule has 1 aliphatic rings. The summed E-state index contributed by atoms with van der Waals surface area (Å²) in [6, 6.07) is 10.7. The van der Waals surface area contributed by atoms with Gasteiger partial charge >= 0.3 is 0 Å². The van der Waals surface area contributed by atoms with Crippen LogP contribution >= 0.6 is 0 Å². The summed E-state index contributed by atoms with van der Waals surface area (Å²) in [5, 5.41) is 6.84. The van der Waals surface area contributed by atoms with E-state index in [2.05, 4.69) is 51.7 Å². The molecule has 0 saturated carbocycles. The number of ether oxygens (including phenoxy) is 1. The van der Waals surface area contributed by atoms with Gasteiger partial charge in [-0.3, -0.25) is 9.89 Å². The lowest BCUT2D eigenvalue weighted by atomic mass is 10.1. The van der Waals surface area contributed by atoms with Crippen molar-refractivity contribution < 1.29 is 4.74 Å². The van der Waals surface area contributed by atoms with Crippen LogP contribution in [0.25, 0.3) is 0 Å². The van der Waals surface area contributed by atoms with E-state index in [0.717, 1.165) is 51.8 Å². The molecule has 1 aromatic rings. The van der Waals surface area contributed by atoms with Crippen LogP contribution in [-0.4, -0.2) is 57.3 Å². The lowest BCUT2D eigenvalue weighted by Gasteiger charge is -2.26. The summed E-state index contributed by atoms with van der Waals surface area (Å²) >= 11 is 0. The van der Waals surface area contributed by atoms with Crippen LogP contribution in [0, 0.1) is 0 Å². The van der Waals surface area contributed by atoms with E-state index in [0.29, 0.717) is 0 Å². The summed E-state index contributed by atoms with van der Waals surface area (Å²) in [7, 11) is 1.82. The van der Waals surface area contributed by atoms with Crippen molar-refractivity contribution in [1.82, 2.24) is 15.5 Å². The number of hydrogen-bond donors (Lipinski definition) is 2. The molecule has 1 saturated heterocycles. The monoisotopic (exact) mass is 318 g/mol. The Morgan fingerprint density at radius 2 is 1.96 bits per heavy atom. The number of rotatable bonds is 7. The van der Waals surface area contributed by atoms with Crippen LogP contribution in [0.5, 0.6) is 0 Å². The quantitative estimate of drug-likeness (QED) is 0.459.